The molecule has 0 aromatic rings. The fourth-order valence-electron chi connectivity index (χ4n) is 2.65. The predicted octanol–water partition coefficient (Wildman–Crippen LogP) is 1.92. The number of hydrogen-bond donors (Lipinski definition) is 2. The topological polar surface area (TPSA) is 44.4 Å². The molecule has 0 saturated carbocycles. The Hall–Kier alpha value is -0.870. The summed E-state index contributed by atoms with van der Waals surface area (Å²) in [7, 11) is 0. The van der Waals surface area contributed by atoms with Gasteiger partial charge in [0.2, 0.25) is 5.91 Å². The molecule has 116 valence electrons. The Morgan fingerprint density at radius 2 is 2.15 bits per heavy atom. The molecule has 0 bridgehead atoms. The zero-order chi connectivity index (χ0) is 15.2. The highest BCUT2D eigenvalue weighted by Gasteiger charge is 2.30. The van der Waals surface area contributed by atoms with Gasteiger partial charge in [0, 0.05) is 24.7 Å². The minimum absolute atomic E-state index is 0.0676. The molecule has 0 radical (unpaired) electrons. The summed E-state index contributed by atoms with van der Waals surface area (Å²) in [4.78, 5) is 14.5. The smallest absolute Gasteiger partial charge is 0.237 e. The number of carbonyl (C=O) groups excluding carboxylic acids is 1. The van der Waals surface area contributed by atoms with Crippen molar-refractivity contribution >= 4 is 5.91 Å². The highest BCUT2D eigenvalue weighted by Crippen LogP contribution is 2.20. The number of hydrogen-bond acceptors (Lipinski definition) is 3. The van der Waals surface area contributed by atoms with Crippen LogP contribution in [0.25, 0.3) is 0 Å². The van der Waals surface area contributed by atoms with Gasteiger partial charge in [0.1, 0.15) is 0 Å². The Morgan fingerprint density at radius 3 is 2.75 bits per heavy atom. The quantitative estimate of drug-likeness (QED) is 0.731. The first-order valence-electron chi connectivity index (χ1n) is 7.74. The molecule has 1 saturated heterocycles. The van der Waals surface area contributed by atoms with Crippen LogP contribution in [-0.4, -0.2) is 48.1 Å². The largest absolute Gasteiger partial charge is 0.351 e. The van der Waals surface area contributed by atoms with Gasteiger partial charge in [-0.05, 0) is 47.1 Å². The first kappa shape index (κ1) is 17.2. The normalized spacial score (nSPS) is 22.3. The van der Waals surface area contributed by atoms with Crippen molar-refractivity contribution in [1.82, 2.24) is 15.5 Å². The van der Waals surface area contributed by atoms with Crippen LogP contribution < -0.4 is 10.6 Å². The molecule has 4 heteroatoms. The SMILES string of the molecule is C=CCNC(=O)C(C)N1CCCCC1CNC(C)(C)C. The number of nitrogens with zero attached hydrogens (tertiary/aromatic N) is 1. The Labute approximate surface area is 124 Å². The van der Waals surface area contributed by atoms with Gasteiger partial charge in [0.25, 0.3) is 0 Å². The molecular weight excluding hydrogens is 250 g/mol. The zero-order valence-corrected chi connectivity index (χ0v) is 13.5. The molecule has 1 aliphatic rings. The number of likely N-dealkylation sites (tertiary alicyclic amines) is 1. The summed E-state index contributed by atoms with van der Waals surface area (Å²) >= 11 is 0. The highest BCUT2D eigenvalue weighted by atomic mass is 16.2. The molecule has 0 aliphatic carbocycles. The maximum absolute atomic E-state index is 12.1. The van der Waals surface area contributed by atoms with Crippen LogP contribution >= 0.6 is 0 Å². The number of piperidine rings is 1. The Bertz CT molecular complexity index is 322. The third-order valence-electron chi connectivity index (χ3n) is 3.84. The fourth-order valence-corrected chi connectivity index (χ4v) is 2.65. The van der Waals surface area contributed by atoms with E-state index >= 15 is 0 Å². The van der Waals surface area contributed by atoms with Crippen molar-refractivity contribution in [2.24, 2.45) is 0 Å². The van der Waals surface area contributed by atoms with E-state index in [0.29, 0.717) is 12.6 Å². The predicted molar refractivity (Wildman–Crippen MR) is 84.8 cm³/mol. The summed E-state index contributed by atoms with van der Waals surface area (Å²) in [5.41, 5.74) is 0.122. The first-order valence-corrected chi connectivity index (χ1v) is 7.74. The van der Waals surface area contributed by atoms with Crippen LogP contribution in [-0.2, 0) is 4.79 Å². The molecule has 0 spiro atoms. The third-order valence-corrected chi connectivity index (χ3v) is 3.84. The van der Waals surface area contributed by atoms with E-state index in [1.54, 1.807) is 6.08 Å². The van der Waals surface area contributed by atoms with E-state index in [9.17, 15) is 4.79 Å². The molecule has 1 fully saturated rings. The van der Waals surface area contributed by atoms with E-state index in [4.69, 9.17) is 0 Å². The summed E-state index contributed by atoms with van der Waals surface area (Å²) in [5.74, 6) is 0.104. The van der Waals surface area contributed by atoms with Crippen LogP contribution in [0.5, 0.6) is 0 Å². The molecule has 2 N–H and O–H groups in total. The molecule has 2 unspecified atom stereocenters. The second-order valence-electron chi connectivity index (χ2n) is 6.73. The lowest BCUT2D eigenvalue weighted by atomic mass is 9.98. The number of nitrogens with one attached hydrogen (secondary N) is 2. The van der Waals surface area contributed by atoms with Gasteiger partial charge in [-0.25, -0.2) is 0 Å². The zero-order valence-electron chi connectivity index (χ0n) is 13.5. The molecular formula is C16H31N3O. The fraction of sp³-hybridized carbons (Fsp3) is 0.812. The second kappa shape index (κ2) is 7.79. The lowest BCUT2D eigenvalue weighted by Crippen LogP contribution is -2.56. The van der Waals surface area contributed by atoms with E-state index in [1.165, 1.54) is 19.3 Å². The Kier molecular flexibility index (Phi) is 6.69. The van der Waals surface area contributed by atoms with Crippen molar-refractivity contribution in [3.63, 3.8) is 0 Å². The van der Waals surface area contributed by atoms with Crippen molar-refractivity contribution in [2.75, 3.05) is 19.6 Å². The average Bonchev–Trinajstić information content (AvgIpc) is 2.41. The molecule has 0 aromatic heterocycles. The Morgan fingerprint density at radius 1 is 1.45 bits per heavy atom. The summed E-state index contributed by atoms with van der Waals surface area (Å²) in [5, 5.41) is 6.47. The van der Waals surface area contributed by atoms with E-state index in [1.807, 2.05) is 6.92 Å². The second-order valence-corrected chi connectivity index (χ2v) is 6.73. The molecule has 1 amide bonds. The van der Waals surface area contributed by atoms with Crippen LogP contribution in [0.4, 0.5) is 0 Å². The molecule has 2 atom stereocenters. The van der Waals surface area contributed by atoms with Crippen molar-refractivity contribution in [1.29, 1.82) is 0 Å². The van der Waals surface area contributed by atoms with Gasteiger partial charge < -0.3 is 10.6 Å². The average molecular weight is 281 g/mol. The van der Waals surface area contributed by atoms with Gasteiger partial charge >= 0.3 is 0 Å². The van der Waals surface area contributed by atoms with Crippen molar-refractivity contribution < 1.29 is 4.79 Å². The minimum atomic E-state index is -0.0676. The van der Waals surface area contributed by atoms with Gasteiger partial charge in [0.15, 0.2) is 0 Å². The monoisotopic (exact) mass is 281 g/mol. The van der Waals surface area contributed by atoms with E-state index in [0.717, 1.165) is 13.1 Å². The van der Waals surface area contributed by atoms with Gasteiger partial charge in [0.05, 0.1) is 6.04 Å². The number of rotatable bonds is 6. The lowest BCUT2D eigenvalue weighted by molar-refractivity contribution is -0.127. The standard InChI is InChI=1S/C16H31N3O/c1-6-10-17-15(20)13(2)19-11-8-7-9-14(19)12-18-16(3,4)5/h6,13-14,18H,1,7-12H2,2-5H3,(H,17,20). The van der Waals surface area contributed by atoms with E-state index < -0.39 is 0 Å². The minimum Gasteiger partial charge on any atom is -0.351 e. The van der Waals surface area contributed by atoms with Gasteiger partial charge in [-0.2, -0.15) is 0 Å². The highest BCUT2D eigenvalue weighted by molar-refractivity contribution is 5.81. The lowest BCUT2D eigenvalue weighted by Gasteiger charge is -2.40. The maximum Gasteiger partial charge on any atom is 0.237 e. The van der Waals surface area contributed by atoms with Crippen LogP contribution in [0.15, 0.2) is 12.7 Å². The van der Waals surface area contributed by atoms with Crippen molar-refractivity contribution in [3.05, 3.63) is 12.7 Å². The van der Waals surface area contributed by atoms with Crippen LogP contribution in [0.1, 0.15) is 47.0 Å². The third kappa shape index (κ3) is 5.63. The van der Waals surface area contributed by atoms with Gasteiger partial charge in [-0.3, -0.25) is 9.69 Å². The van der Waals surface area contributed by atoms with Crippen molar-refractivity contribution in [2.45, 2.75) is 64.6 Å². The molecule has 1 rings (SSSR count). The first-order chi connectivity index (χ1) is 9.35. The summed E-state index contributed by atoms with van der Waals surface area (Å²) < 4.78 is 0. The molecule has 20 heavy (non-hydrogen) atoms. The maximum atomic E-state index is 12.1. The summed E-state index contributed by atoms with van der Waals surface area (Å²) in [6.45, 7) is 14.7. The van der Waals surface area contributed by atoms with Crippen LogP contribution in [0.3, 0.4) is 0 Å². The van der Waals surface area contributed by atoms with Crippen LogP contribution in [0, 0.1) is 0 Å². The molecule has 1 aliphatic heterocycles. The van der Waals surface area contributed by atoms with Crippen molar-refractivity contribution in [3.8, 4) is 0 Å². The van der Waals surface area contributed by atoms with E-state index in [-0.39, 0.29) is 17.5 Å². The summed E-state index contributed by atoms with van der Waals surface area (Å²) in [6.07, 6.45) is 5.33. The van der Waals surface area contributed by atoms with Gasteiger partial charge in [-0.1, -0.05) is 12.5 Å². The Balaban J connectivity index is 2.58. The molecule has 1 heterocycles. The summed E-state index contributed by atoms with van der Waals surface area (Å²) in [6, 6.07) is 0.384. The van der Waals surface area contributed by atoms with Crippen LogP contribution in [0.2, 0.25) is 0 Å². The van der Waals surface area contributed by atoms with Gasteiger partial charge in [-0.15, -0.1) is 6.58 Å². The number of carbonyl (C=O) groups is 1. The molecule has 0 aromatic carbocycles. The molecule has 4 nitrogen and oxygen atoms in total. The van der Waals surface area contributed by atoms with E-state index in [2.05, 4.69) is 42.9 Å². The number of amides is 1.